The third kappa shape index (κ3) is 2.73. The van der Waals surface area contributed by atoms with Crippen molar-refractivity contribution >= 4 is 11.9 Å². The van der Waals surface area contributed by atoms with E-state index in [4.69, 9.17) is 8.94 Å². The molecule has 0 bridgehead atoms. The monoisotopic (exact) mass is 343 g/mol. The van der Waals surface area contributed by atoms with E-state index in [2.05, 4.69) is 17.4 Å². The lowest BCUT2D eigenvalue weighted by Gasteiger charge is -2.34. The molecule has 1 N–H and O–H groups in total. The number of imide groups is 1. The van der Waals surface area contributed by atoms with Gasteiger partial charge in [-0.25, -0.2) is 4.79 Å². The van der Waals surface area contributed by atoms with Gasteiger partial charge < -0.3 is 14.3 Å². The molecule has 2 aromatic heterocycles. The van der Waals surface area contributed by atoms with Crippen LogP contribution in [0.4, 0.5) is 4.79 Å². The van der Waals surface area contributed by atoms with E-state index in [-0.39, 0.29) is 18.5 Å². The van der Waals surface area contributed by atoms with Gasteiger partial charge in [-0.3, -0.25) is 9.69 Å². The smallest absolute Gasteiger partial charge is 0.325 e. The van der Waals surface area contributed by atoms with Crippen molar-refractivity contribution in [1.82, 2.24) is 15.4 Å². The van der Waals surface area contributed by atoms with Gasteiger partial charge in [0.05, 0.1) is 12.8 Å². The zero-order valence-electron chi connectivity index (χ0n) is 14.2. The Labute approximate surface area is 145 Å². The molecule has 0 atom stereocenters. The summed E-state index contributed by atoms with van der Waals surface area (Å²) in [6, 6.07) is 4.87. The van der Waals surface area contributed by atoms with Crippen LogP contribution < -0.4 is 5.32 Å². The Kier molecular flexibility index (Phi) is 3.86. The minimum atomic E-state index is -0.726. The molecule has 0 radical (unpaired) electrons. The molecule has 1 saturated carbocycles. The van der Waals surface area contributed by atoms with E-state index in [0.717, 1.165) is 19.3 Å². The minimum absolute atomic E-state index is 0.105. The van der Waals surface area contributed by atoms with Gasteiger partial charge in [0.1, 0.15) is 11.2 Å². The number of rotatable bonds is 4. The summed E-state index contributed by atoms with van der Waals surface area (Å²) in [4.78, 5) is 26.5. The second-order valence-electron chi connectivity index (χ2n) is 6.91. The number of nitrogens with zero attached hydrogens (tertiary/aromatic N) is 2. The van der Waals surface area contributed by atoms with Crippen LogP contribution >= 0.6 is 0 Å². The van der Waals surface area contributed by atoms with Gasteiger partial charge in [-0.1, -0.05) is 18.5 Å². The van der Waals surface area contributed by atoms with E-state index in [1.807, 2.05) is 0 Å². The normalized spacial score (nSPS) is 26.4. The van der Waals surface area contributed by atoms with Crippen molar-refractivity contribution in [2.24, 2.45) is 5.92 Å². The van der Waals surface area contributed by atoms with Gasteiger partial charge >= 0.3 is 6.03 Å². The summed E-state index contributed by atoms with van der Waals surface area (Å²) in [5.41, 5.74) is -0.203. The SMILES string of the molecule is CCC1CCC2(CC1)NC(=O)N(Cc1cc(-c3ccco3)on1)C2=O. The summed E-state index contributed by atoms with van der Waals surface area (Å²) < 4.78 is 10.5. The van der Waals surface area contributed by atoms with Crippen LogP contribution in [-0.2, 0) is 11.3 Å². The first-order valence-electron chi connectivity index (χ1n) is 8.75. The molecule has 132 valence electrons. The number of urea groups is 1. The summed E-state index contributed by atoms with van der Waals surface area (Å²) in [6.45, 7) is 2.28. The fourth-order valence-electron chi connectivity index (χ4n) is 3.82. The van der Waals surface area contributed by atoms with Gasteiger partial charge in [0.25, 0.3) is 5.91 Å². The zero-order chi connectivity index (χ0) is 17.4. The van der Waals surface area contributed by atoms with Crippen molar-refractivity contribution in [3.63, 3.8) is 0 Å². The average molecular weight is 343 g/mol. The third-order valence-electron chi connectivity index (χ3n) is 5.43. The fraction of sp³-hybridized carbons (Fsp3) is 0.500. The molecular formula is C18H21N3O4. The first kappa shape index (κ1) is 15.9. The summed E-state index contributed by atoms with van der Waals surface area (Å²) in [5, 5.41) is 6.88. The summed E-state index contributed by atoms with van der Waals surface area (Å²) in [7, 11) is 0. The number of aromatic nitrogens is 1. The van der Waals surface area contributed by atoms with E-state index < -0.39 is 5.54 Å². The second-order valence-corrected chi connectivity index (χ2v) is 6.91. The molecule has 1 saturated heterocycles. The summed E-state index contributed by atoms with van der Waals surface area (Å²) >= 11 is 0. The van der Waals surface area contributed by atoms with Gasteiger partial charge in [0, 0.05) is 6.07 Å². The van der Waals surface area contributed by atoms with Crippen LogP contribution in [0.25, 0.3) is 11.5 Å². The molecule has 3 heterocycles. The lowest BCUT2D eigenvalue weighted by atomic mass is 9.75. The van der Waals surface area contributed by atoms with Crippen molar-refractivity contribution in [3.05, 3.63) is 30.2 Å². The Morgan fingerprint density at radius 2 is 2.12 bits per heavy atom. The predicted octanol–water partition coefficient (Wildman–Crippen LogP) is 3.33. The van der Waals surface area contributed by atoms with Crippen LogP contribution in [0.1, 0.15) is 44.7 Å². The molecule has 7 nitrogen and oxygen atoms in total. The molecule has 2 aliphatic rings. The molecular weight excluding hydrogens is 322 g/mol. The highest BCUT2D eigenvalue weighted by Crippen LogP contribution is 2.38. The van der Waals surface area contributed by atoms with E-state index in [9.17, 15) is 9.59 Å². The highest BCUT2D eigenvalue weighted by Gasteiger charge is 2.52. The number of hydrogen-bond donors (Lipinski definition) is 1. The molecule has 7 heteroatoms. The Morgan fingerprint density at radius 3 is 2.80 bits per heavy atom. The zero-order valence-corrected chi connectivity index (χ0v) is 14.2. The molecule has 3 amide bonds. The van der Waals surface area contributed by atoms with Crippen LogP contribution in [0.5, 0.6) is 0 Å². The maximum Gasteiger partial charge on any atom is 0.325 e. The molecule has 0 unspecified atom stereocenters. The lowest BCUT2D eigenvalue weighted by molar-refractivity contribution is -0.133. The van der Waals surface area contributed by atoms with Crippen molar-refractivity contribution < 1.29 is 18.5 Å². The molecule has 1 aliphatic carbocycles. The molecule has 25 heavy (non-hydrogen) atoms. The van der Waals surface area contributed by atoms with E-state index in [0.29, 0.717) is 36.0 Å². The van der Waals surface area contributed by atoms with Crippen LogP contribution in [0.15, 0.2) is 33.4 Å². The number of amides is 3. The van der Waals surface area contributed by atoms with Gasteiger partial charge in [-0.15, -0.1) is 0 Å². The Bertz CT molecular complexity index is 772. The number of carbonyl (C=O) groups excluding carboxylic acids is 2. The first-order valence-corrected chi connectivity index (χ1v) is 8.75. The van der Waals surface area contributed by atoms with Gasteiger partial charge in [-0.05, 0) is 43.7 Å². The molecule has 2 fully saturated rings. The Balaban J connectivity index is 1.48. The summed E-state index contributed by atoms with van der Waals surface area (Å²) in [5.74, 6) is 1.54. The van der Waals surface area contributed by atoms with Crippen LogP contribution in [0.3, 0.4) is 0 Å². The quantitative estimate of drug-likeness (QED) is 0.860. The van der Waals surface area contributed by atoms with Crippen LogP contribution in [-0.4, -0.2) is 27.5 Å². The lowest BCUT2D eigenvalue weighted by Crippen LogP contribution is -2.49. The summed E-state index contributed by atoms with van der Waals surface area (Å²) in [6.07, 6.45) is 6.04. The van der Waals surface area contributed by atoms with Crippen molar-refractivity contribution in [2.45, 2.75) is 51.1 Å². The number of carbonyl (C=O) groups is 2. The molecule has 2 aromatic rings. The highest BCUT2D eigenvalue weighted by atomic mass is 16.5. The van der Waals surface area contributed by atoms with Crippen molar-refractivity contribution in [2.75, 3.05) is 0 Å². The predicted molar refractivity (Wildman–Crippen MR) is 88.3 cm³/mol. The maximum atomic E-state index is 12.9. The molecule has 1 aliphatic heterocycles. The van der Waals surface area contributed by atoms with Gasteiger partial charge in [0.15, 0.2) is 5.76 Å². The van der Waals surface area contributed by atoms with Crippen molar-refractivity contribution in [1.29, 1.82) is 0 Å². The topological polar surface area (TPSA) is 88.6 Å². The number of furan rings is 1. The fourth-order valence-corrected chi connectivity index (χ4v) is 3.82. The Morgan fingerprint density at radius 1 is 1.32 bits per heavy atom. The largest absolute Gasteiger partial charge is 0.461 e. The van der Waals surface area contributed by atoms with Gasteiger partial charge in [-0.2, -0.15) is 0 Å². The van der Waals surface area contributed by atoms with E-state index >= 15 is 0 Å². The molecule has 1 spiro atoms. The maximum absolute atomic E-state index is 12.9. The van der Waals surface area contributed by atoms with Gasteiger partial charge in [0.2, 0.25) is 5.76 Å². The molecule has 0 aromatic carbocycles. The van der Waals surface area contributed by atoms with E-state index in [1.54, 1.807) is 24.5 Å². The average Bonchev–Trinajstić information content (AvgIpc) is 3.34. The van der Waals surface area contributed by atoms with Crippen LogP contribution in [0, 0.1) is 5.92 Å². The third-order valence-corrected chi connectivity index (χ3v) is 5.43. The first-order chi connectivity index (χ1) is 12.1. The Hall–Kier alpha value is -2.57. The minimum Gasteiger partial charge on any atom is -0.461 e. The number of hydrogen-bond acceptors (Lipinski definition) is 5. The number of nitrogens with one attached hydrogen (secondary N) is 1. The second kappa shape index (κ2) is 6.06. The highest BCUT2D eigenvalue weighted by molar-refractivity contribution is 6.07. The van der Waals surface area contributed by atoms with E-state index in [1.165, 1.54) is 4.90 Å². The van der Waals surface area contributed by atoms with Crippen LogP contribution in [0.2, 0.25) is 0 Å². The standard InChI is InChI=1S/C18H21N3O4/c1-2-12-5-7-18(8-6-12)16(22)21(17(23)19-18)11-13-10-15(25-20-13)14-4-3-9-24-14/h3-4,9-10,12H,2,5-8,11H2,1H3,(H,19,23). The van der Waals surface area contributed by atoms with Crippen molar-refractivity contribution in [3.8, 4) is 11.5 Å². The molecule has 4 rings (SSSR count).